The van der Waals surface area contributed by atoms with Gasteiger partial charge >= 0.3 is 0 Å². The number of aliphatic hydroxyl groups excluding tert-OH is 2. The molecule has 0 spiro atoms. The van der Waals surface area contributed by atoms with E-state index in [1.54, 1.807) is 0 Å². The molecule has 0 radical (unpaired) electrons. The van der Waals surface area contributed by atoms with Crippen molar-refractivity contribution in [3.8, 4) is 0 Å². The van der Waals surface area contributed by atoms with Crippen molar-refractivity contribution in [3.05, 3.63) is 0 Å². The van der Waals surface area contributed by atoms with Crippen molar-refractivity contribution in [2.45, 2.75) is 25.0 Å². The van der Waals surface area contributed by atoms with Crippen molar-refractivity contribution in [3.63, 3.8) is 0 Å². The molecule has 0 saturated carbocycles. The summed E-state index contributed by atoms with van der Waals surface area (Å²) in [5.41, 5.74) is -0.345. The fourth-order valence-electron chi connectivity index (χ4n) is 2.51. The maximum atomic E-state index is 11.2. The van der Waals surface area contributed by atoms with Gasteiger partial charge in [-0.2, -0.15) is 0 Å². The van der Waals surface area contributed by atoms with Gasteiger partial charge in [0.2, 0.25) is 0 Å². The van der Waals surface area contributed by atoms with Gasteiger partial charge in [-0.05, 0) is 12.8 Å². The average Bonchev–Trinajstić information content (AvgIpc) is 2.59. The smallest absolute Gasteiger partial charge is 0.127 e. The molecule has 2 heterocycles. The van der Waals surface area contributed by atoms with Gasteiger partial charge in [0.05, 0.1) is 12.2 Å². The largest absolute Gasteiger partial charge is 0.389 e. The first-order valence-corrected chi connectivity index (χ1v) is 5.78. The summed E-state index contributed by atoms with van der Waals surface area (Å²) in [6, 6.07) is 0. The number of rotatable bonds is 3. The Morgan fingerprint density at radius 1 is 1.25 bits per heavy atom. The summed E-state index contributed by atoms with van der Waals surface area (Å²) >= 11 is 0. The third-order valence-corrected chi connectivity index (χ3v) is 3.61. The number of likely N-dealkylation sites (tertiary alicyclic amines) is 1. The van der Waals surface area contributed by atoms with Crippen LogP contribution in [0.1, 0.15) is 12.8 Å². The normalized spacial score (nSPS) is 35.1. The zero-order valence-corrected chi connectivity index (χ0v) is 9.34. The third-order valence-electron chi connectivity index (χ3n) is 3.61. The molecule has 0 aliphatic carbocycles. The first kappa shape index (κ1) is 12.0. The Bertz CT molecular complexity index is 242. The summed E-state index contributed by atoms with van der Waals surface area (Å²) in [7, 11) is 0. The number of hydrogen-bond donors (Lipinski definition) is 2. The first-order valence-electron chi connectivity index (χ1n) is 5.78. The zero-order valence-electron chi connectivity index (χ0n) is 9.34. The van der Waals surface area contributed by atoms with Crippen LogP contribution >= 0.6 is 0 Å². The second kappa shape index (κ2) is 4.79. The first-order chi connectivity index (χ1) is 7.65. The Kier molecular flexibility index (Phi) is 3.59. The van der Waals surface area contributed by atoms with E-state index in [0.29, 0.717) is 32.8 Å². The second-order valence-electron chi connectivity index (χ2n) is 4.92. The highest BCUT2D eigenvalue weighted by molar-refractivity contribution is 5.60. The van der Waals surface area contributed by atoms with Gasteiger partial charge in [-0.3, -0.25) is 4.90 Å². The highest BCUT2D eigenvalue weighted by atomic mass is 16.5. The van der Waals surface area contributed by atoms with Crippen molar-refractivity contribution in [1.29, 1.82) is 0 Å². The van der Waals surface area contributed by atoms with Crippen molar-refractivity contribution < 1.29 is 19.7 Å². The number of nitrogens with zero attached hydrogens (tertiary/aromatic N) is 1. The molecule has 0 aromatic heterocycles. The Morgan fingerprint density at radius 2 is 1.81 bits per heavy atom. The molecule has 2 fully saturated rings. The number of aliphatic hydroxyl groups is 2. The van der Waals surface area contributed by atoms with E-state index in [1.807, 2.05) is 4.90 Å². The quantitative estimate of drug-likeness (QED) is 0.609. The lowest BCUT2D eigenvalue weighted by Crippen LogP contribution is -2.42. The van der Waals surface area contributed by atoms with Crippen LogP contribution in [-0.2, 0) is 9.53 Å². The fraction of sp³-hybridized carbons (Fsp3) is 0.909. The topological polar surface area (TPSA) is 70.0 Å². The predicted molar refractivity (Wildman–Crippen MR) is 57.0 cm³/mol. The standard InChI is InChI=1S/C11H19NO4/c13-8-11(1-3-16-4-2-11)7-12-5-9(14)10(15)6-12/h8-10,14-15H,1-7H2. The van der Waals surface area contributed by atoms with Gasteiger partial charge in [-0.25, -0.2) is 0 Å². The molecule has 2 atom stereocenters. The van der Waals surface area contributed by atoms with Crippen LogP contribution < -0.4 is 0 Å². The van der Waals surface area contributed by atoms with Crippen LogP contribution in [0.4, 0.5) is 0 Å². The molecule has 0 aromatic carbocycles. The molecule has 2 rings (SSSR count). The molecule has 5 heteroatoms. The SMILES string of the molecule is O=CC1(CN2CC(O)C(O)C2)CCOCC1. The van der Waals surface area contributed by atoms with E-state index in [9.17, 15) is 15.0 Å². The lowest BCUT2D eigenvalue weighted by Gasteiger charge is -2.35. The maximum absolute atomic E-state index is 11.2. The lowest BCUT2D eigenvalue weighted by atomic mass is 9.81. The van der Waals surface area contributed by atoms with E-state index in [4.69, 9.17) is 4.74 Å². The van der Waals surface area contributed by atoms with E-state index < -0.39 is 12.2 Å². The van der Waals surface area contributed by atoms with E-state index in [2.05, 4.69) is 0 Å². The third kappa shape index (κ3) is 2.43. The number of β-amino-alcohol motifs (C(OH)–C–C–N with tert-alkyl or cyclic N) is 2. The highest BCUT2D eigenvalue weighted by Crippen LogP contribution is 2.30. The van der Waals surface area contributed by atoms with Gasteiger partial charge in [0.25, 0.3) is 0 Å². The molecule has 0 aromatic rings. The Balaban J connectivity index is 1.94. The van der Waals surface area contributed by atoms with E-state index in [1.165, 1.54) is 0 Å². The molecular weight excluding hydrogens is 210 g/mol. The van der Waals surface area contributed by atoms with Crippen LogP contribution in [0.15, 0.2) is 0 Å². The average molecular weight is 229 g/mol. The van der Waals surface area contributed by atoms with E-state index in [0.717, 1.165) is 19.1 Å². The fourth-order valence-corrected chi connectivity index (χ4v) is 2.51. The van der Waals surface area contributed by atoms with Gasteiger partial charge in [0, 0.05) is 38.3 Å². The van der Waals surface area contributed by atoms with E-state index in [-0.39, 0.29) is 5.41 Å². The van der Waals surface area contributed by atoms with Gasteiger partial charge in [-0.15, -0.1) is 0 Å². The minimum Gasteiger partial charge on any atom is -0.389 e. The summed E-state index contributed by atoms with van der Waals surface area (Å²) in [5.74, 6) is 0. The molecule has 16 heavy (non-hydrogen) atoms. The van der Waals surface area contributed by atoms with Crippen LogP contribution in [0.25, 0.3) is 0 Å². The molecule has 2 N–H and O–H groups in total. The van der Waals surface area contributed by atoms with Gasteiger partial charge in [-0.1, -0.05) is 0 Å². The van der Waals surface area contributed by atoms with Crippen LogP contribution in [-0.4, -0.2) is 66.5 Å². The van der Waals surface area contributed by atoms with Crippen LogP contribution in [0.5, 0.6) is 0 Å². The summed E-state index contributed by atoms with van der Waals surface area (Å²) in [4.78, 5) is 13.2. The molecule has 92 valence electrons. The monoisotopic (exact) mass is 229 g/mol. The second-order valence-corrected chi connectivity index (χ2v) is 4.92. The summed E-state index contributed by atoms with van der Waals surface area (Å²) in [6.07, 6.45) is 1.14. The molecule has 0 amide bonds. The highest BCUT2D eigenvalue weighted by Gasteiger charge is 2.38. The van der Waals surface area contributed by atoms with E-state index >= 15 is 0 Å². The van der Waals surface area contributed by atoms with Crippen LogP contribution in [0.3, 0.4) is 0 Å². The Morgan fingerprint density at radius 3 is 2.31 bits per heavy atom. The lowest BCUT2D eigenvalue weighted by molar-refractivity contribution is -0.123. The number of aldehydes is 1. The molecule has 0 bridgehead atoms. The molecule has 2 aliphatic rings. The maximum Gasteiger partial charge on any atom is 0.127 e. The molecule has 5 nitrogen and oxygen atoms in total. The number of hydrogen-bond acceptors (Lipinski definition) is 5. The van der Waals surface area contributed by atoms with Crippen molar-refractivity contribution >= 4 is 6.29 Å². The number of carbonyl (C=O) groups is 1. The predicted octanol–water partition coefficient (Wildman–Crippen LogP) is -0.980. The molecule has 2 saturated heterocycles. The molecular formula is C11H19NO4. The van der Waals surface area contributed by atoms with Gasteiger partial charge in [0.15, 0.2) is 0 Å². The van der Waals surface area contributed by atoms with Crippen molar-refractivity contribution in [1.82, 2.24) is 4.90 Å². The van der Waals surface area contributed by atoms with Crippen LogP contribution in [0, 0.1) is 5.41 Å². The number of carbonyl (C=O) groups excluding carboxylic acids is 1. The molecule has 2 aliphatic heterocycles. The van der Waals surface area contributed by atoms with Crippen LogP contribution in [0.2, 0.25) is 0 Å². The van der Waals surface area contributed by atoms with Gasteiger partial charge < -0.3 is 19.7 Å². The minimum atomic E-state index is -0.677. The minimum absolute atomic E-state index is 0.345. The summed E-state index contributed by atoms with van der Waals surface area (Å²) in [5, 5.41) is 18.9. The summed E-state index contributed by atoms with van der Waals surface area (Å²) in [6.45, 7) is 2.78. The molecule has 2 unspecified atom stereocenters. The van der Waals surface area contributed by atoms with Gasteiger partial charge in [0.1, 0.15) is 6.29 Å². The summed E-state index contributed by atoms with van der Waals surface area (Å²) < 4.78 is 5.26. The Hall–Kier alpha value is -0.490. The Labute approximate surface area is 95.0 Å². The van der Waals surface area contributed by atoms with Crippen molar-refractivity contribution in [2.75, 3.05) is 32.8 Å². The number of ether oxygens (including phenoxy) is 1. The van der Waals surface area contributed by atoms with Crippen molar-refractivity contribution in [2.24, 2.45) is 5.41 Å². The zero-order chi connectivity index (χ0) is 11.6.